The second kappa shape index (κ2) is 7.10. The monoisotopic (exact) mass is 256 g/mol. The lowest BCUT2D eigenvalue weighted by atomic mass is 9.95. The maximum absolute atomic E-state index is 12.1. The number of hydrogen-bond acceptors (Lipinski definition) is 3. The standard InChI is InChI=1S/C14H28N2O2/c1-4-14(3,10-17)16-11(2)13(18)15-12-8-6-5-7-9-12/h11-12,16-17H,4-10H2,1-3H3,(H,15,18). The first kappa shape index (κ1) is 15.4. The highest BCUT2D eigenvalue weighted by molar-refractivity contribution is 5.81. The van der Waals surface area contributed by atoms with Crippen LogP contribution in [0.3, 0.4) is 0 Å². The molecule has 1 aliphatic rings. The average Bonchev–Trinajstić information content (AvgIpc) is 2.39. The Kier molecular flexibility index (Phi) is 6.09. The van der Waals surface area contributed by atoms with Crippen molar-refractivity contribution in [2.24, 2.45) is 0 Å². The van der Waals surface area contributed by atoms with Gasteiger partial charge in [0, 0.05) is 11.6 Å². The van der Waals surface area contributed by atoms with Crippen molar-refractivity contribution in [3.05, 3.63) is 0 Å². The molecule has 4 nitrogen and oxygen atoms in total. The number of aliphatic hydroxyl groups is 1. The van der Waals surface area contributed by atoms with Gasteiger partial charge in [0.2, 0.25) is 5.91 Å². The molecule has 1 fully saturated rings. The fraction of sp³-hybridized carbons (Fsp3) is 0.929. The number of amides is 1. The van der Waals surface area contributed by atoms with Crippen LogP contribution in [0.2, 0.25) is 0 Å². The second-order valence-electron chi connectivity index (χ2n) is 5.78. The summed E-state index contributed by atoms with van der Waals surface area (Å²) < 4.78 is 0. The lowest BCUT2D eigenvalue weighted by molar-refractivity contribution is -0.124. The van der Waals surface area contributed by atoms with Gasteiger partial charge < -0.3 is 10.4 Å². The Morgan fingerprint density at radius 3 is 2.50 bits per heavy atom. The molecular weight excluding hydrogens is 228 g/mol. The zero-order valence-corrected chi connectivity index (χ0v) is 12.0. The fourth-order valence-electron chi connectivity index (χ4n) is 2.42. The molecule has 106 valence electrons. The van der Waals surface area contributed by atoms with E-state index in [2.05, 4.69) is 10.6 Å². The highest BCUT2D eigenvalue weighted by Crippen LogP contribution is 2.17. The Morgan fingerprint density at radius 1 is 1.39 bits per heavy atom. The van der Waals surface area contributed by atoms with E-state index in [4.69, 9.17) is 0 Å². The van der Waals surface area contributed by atoms with Crippen LogP contribution < -0.4 is 10.6 Å². The van der Waals surface area contributed by atoms with Gasteiger partial charge in [-0.3, -0.25) is 10.1 Å². The summed E-state index contributed by atoms with van der Waals surface area (Å²) in [5.41, 5.74) is -0.372. The number of rotatable bonds is 6. The third kappa shape index (κ3) is 4.58. The molecule has 2 atom stereocenters. The van der Waals surface area contributed by atoms with Crippen molar-refractivity contribution in [3.63, 3.8) is 0 Å². The number of aliphatic hydroxyl groups excluding tert-OH is 1. The van der Waals surface area contributed by atoms with Crippen LogP contribution in [0.15, 0.2) is 0 Å². The maximum Gasteiger partial charge on any atom is 0.237 e. The van der Waals surface area contributed by atoms with Crippen LogP contribution in [0, 0.1) is 0 Å². The lowest BCUT2D eigenvalue weighted by Crippen LogP contribution is -2.55. The van der Waals surface area contributed by atoms with Crippen LogP contribution in [0.5, 0.6) is 0 Å². The molecule has 0 aromatic rings. The molecule has 18 heavy (non-hydrogen) atoms. The van der Waals surface area contributed by atoms with Gasteiger partial charge >= 0.3 is 0 Å². The molecule has 0 aromatic carbocycles. The van der Waals surface area contributed by atoms with E-state index >= 15 is 0 Å². The molecule has 1 saturated carbocycles. The predicted octanol–water partition coefficient (Wildman–Crippen LogP) is 1.57. The summed E-state index contributed by atoms with van der Waals surface area (Å²) in [6.45, 7) is 5.86. The van der Waals surface area contributed by atoms with E-state index < -0.39 is 0 Å². The summed E-state index contributed by atoms with van der Waals surface area (Å²) >= 11 is 0. The molecule has 1 rings (SSSR count). The predicted molar refractivity (Wildman–Crippen MR) is 73.4 cm³/mol. The van der Waals surface area contributed by atoms with E-state index in [-0.39, 0.29) is 24.1 Å². The van der Waals surface area contributed by atoms with E-state index in [9.17, 15) is 9.90 Å². The molecule has 0 radical (unpaired) electrons. The van der Waals surface area contributed by atoms with Crippen LogP contribution in [-0.4, -0.2) is 35.2 Å². The first-order valence-electron chi connectivity index (χ1n) is 7.19. The molecule has 3 N–H and O–H groups in total. The molecule has 2 unspecified atom stereocenters. The van der Waals surface area contributed by atoms with Gasteiger partial charge in [0.15, 0.2) is 0 Å². The van der Waals surface area contributed by atoms with Crippen molar-refractivity contribution in [1.29, 1.82) is 0 Å². The highest BCUT2D eigenvalue weighted by Gasteiger charge is 2.27. The van der Waals surface area contributed by atoms with Gasteiger partial charge in [0.05, 0.1) is 12.6 Å². The number of nitrogens with one attached hydrogen (secondary N) is 2. The molecular formula is C14H28N2O2. The van der Waals surface area contributed by atoms with Crippen molar-refractivity contribution in [3.8, 4) is 0 Å². The Balaban J connectivity index is 2.40. The minimum absolute atomic E-state index is 0.0462. The van der Waals surface area contributed by atoms with Crippen LogP contribution in [-0.2, 0) is 4.79 Å². The summed E-state index contributed by atoms with van der Waals surface area (Å²) in [6, 6.07) is 0.0848. The molecule has 0 bridgehead atoms. The largest absolute Gasteiger partial charge is 0.394 e. The first-order chi connectivity index (χ1) is 8.50. The Hall–Kier alpha value is -0.610. The summed E-state index contributed by atoms with van der Waals surface area (Å²) in [5, 5.41) is 15.7. The van der Waals surface area contributed by atoms with Gasteiger partial charge in [-0.1, -0.05) is 26.2 Å². The zero-order valence-electron chi connectivity index (χ0n) is 12.0. The minimum atomic E-state index is -0.372. The normalized spacial score (nSPS) is 22.2. The molecule has 0 saturated heterocycles. The van der Waals surface area contributed by atoms with Gasteiger partial charge in [-0.25, -0.2) is 0 Å². The summed E-state index contributed by atoms with van der Waals surface area (Å²) in [7, 11) is 0. The van der Waals surface area contributed by atoms with Crippen LogP contribution >= 0.6 is 0 Å². The van der Waals surface area contributed by atoms with Gasteiger partial charge in [-0.15, -0.1) is 0 Å². The zero-order chi connectivity index (χ0) is 13.6. The summed E-state index contributed by atoms with van der Waals surface area (Å²) in [5.74, 6) is 0.0509. The highest BCUT2D eigenvalue weighted by atomic mass is 16.3. The molecule has 1 amide bonds. The molecule has 0 aromatic heterocycles. The topological polar surface area (TPSA) is 61.4 Å². The van der Waals surface area contributed by atoms with E-state index in [1.165, 1.54) is 19.3 Å². The van der Waals surface area contributed by atoms with Gasteiger partial charge in [0.1, 0.15) is 0 Å². The quantitative estimate of drug-likeness (QED) is 0.676. The van der Waals surface area contributed by atoms with E-state index in [0.717, 1.165) is 19.3 Å². The van der Waals surface area contributed by atoms with Crippen molar-refractivity contribution in [2.45, 2.75) is 76.9 Å². The Morgan fingerprint density at radius 2 is 2.00 bits per heavy atom. The molecule has 0 aliphatic heterocycles. The molecule has 4 heteroatoms. The van der Waals surface area contributed by atoms with E-state index in [1.807, 2.05) is 20.8 Å². The van der Waals surface area contributed by atoms with Crippen molar-refractivity contribution >= 4 is 5.91 Å². The molecule has 0 heterocycles. The number of carbonyl (C=O) groups is 1. The minimum Gasteiger partial charge on any atom is -0.394 e. The van der Waals surface area contributed by atoms with E-state index in [1.54, 1.807) is 0 Å². The van der Waals surface area contributed by atoms with Crippen LogP contribution in [0.4, 0.5) is 0 Å². The van der Waals surface area contributed by atoms with Crippen molar-refractivity contribution in [2.75, 3.05) is 6.61 Å². The molecule has 1 aliphatic carbocycles. The smallest absolute Gasteiger partial charge is 0.237 e. The number of carbonyl (C=O) groups excluding carboxylic acids is 1. The van der Waals surface area contributed by atoms with Gasteiger partial charge in [-0.2, -0.15) is 0 Å². The maximum atomic E-state index is 12.1. The summed E-state index contributed by atoms with van der Waals surface area (Å²) in [4.78, 5) is 12.1. The Labute approximate surface area is 111 Å². The second-order valence-corrected chi connectivity index (χ2v) is 5.78. The lowest BCUT2D eigenvalue weighted by Gasteiger charge is -2.32. The van der Waals surface area contributed by atoms with E-state index in [0.29, 0.717) is 6.04 Å². The van der Waals surface area contributed by atoms with Gasteiger partial charge in [0.25, 0.3) is 0 Å². The Bertz CT molecular complexity index is 259. The van der Waals surface area contributed by atoms with Crippen molar-refractivity contribution < 1.29 is 9.90 Å². The SMILES string of the molecule is CCC(C)(CO)NC(C)C(=O)NC1CCCCC1. The van der Waals surface area contributed by atoms with Gasteiger partial charge in [-0.05, 0) is 33.1 Å². The number of hydrogen-bond donors (Lipinski definition) is 3. The third-order valence-electron chi connectivity index (χ3n) is 4.04. The third-order valence-corrected chi connectivity index (χ3v) is 4.04. The van der Waals surface area contributed by atoms with Crippen LogP contribution in [0.25, 0.3) is 0 Å². The van der Waals surface area contributed by atoms with Crippen molar-refractivity contribution in [1.82, 2.24) is 10.6 Å². The summed E-state index contributed by atoms with van der Waals surface area (Å²) in [6.07, 6.45) is 6.72. The first-order valence-corrected chi connectivity index (χ1v) is 7.19. The molecule has 0 spiro atoms. The average molecular weight is 256 g/mol. The van der Waals surface area contributed by atoms with Crippen LogP contribution in [0.1, 0.15) is 59.3 Å². The fourth-order valence-corrected chi connectivity index (χ4v) is 2.42.